The van der Waals surface area contributed by atoms with E-state index in [1.165, 1.54) is 16.4 Å². The van der Waals surface area contributed by atoms with Crippen molar-refractivity contribution in [1.29, 1.82) is 0 Å². The average molecular weight is 420 g/mol. The molecule has 0 saturated heterocycles. The fraction of sp³-hybridized carbons (Fsp3) is 0.350. The van der Waals surface area contributed by atoms with Gasteiger partial charge in [-0.3, -0.25) is 4.79 Å². The lowest BCUT2D eigenvalue weighted by molar-refractivity contribution is -0.118. The molecular weight excluding hydrogens is 396 g/mol. The largest absolute Gasteiger partial charge is 0.490 e. The van der Waals surface area contributed by atoms with Gasteiger partial charge in [0.25, 0.3) is 5.91 Å². The van der Waals surface area contributed by atoms with E-state index in [2.05, 4.69) is 5.32 Å². The third kappa shape index (κ3) is 4.69. The van der Waals surface area contributed by atoms with Crippen LogP contribution in [0.15, 0.2) is 47.4 Å². The molecule has 1 heterocycles. The number of hydrogen-bond donors (Lipinski definition) is 2. The molecule has 0 aliphatic carbocycles. The molecule has 0 aromatic heterocycles. The van der Waals surface area contributed by atoms with Gasteiger partial charge in [0.1, 0.15) is 24.2 Å². The molecule has 0 bridgehead atoms. The fourth-order valence-electron chi connectivity index (χ4n) is 3.06. The Kier molecular flexibility index (Phi) is 6.41. The van der Waals surface area contributed by atoms with E-state index >= 15 is 0 Å². The molecule has 3 rings (SSSR count). The van der Waals surface area contributed by atoms with Gasteiger partial charge in [0.2, 0.25) is 10.0 Å². The van der Waals surface area contributed by atoms with Gasteiger partial charge in [0.15, 0.2) is 6.61 Å². The van der Waals surface area contributed by atoms with Crippen LogP contribution in [-0.4, -0.2) is 50.0 Å². The SMILES string of the molecule is CCN(CC)S(=O)(=O)c1cccc(NC(=O)COc2ccc3c(c2)OC[C@H]3O)c1. The van der Waals surface area contributed by atoms with Crippen molar-refractivity contribution in [3.8, 4) is 11.5 Å². The van der Waals surface area contributed by atoms with Crippen LogP contribution >= 0.6 is 0 Å². The van der Waals surface area contributed by atoms with Crippen LogP contribution in [0, 0.1) is 0 Å². The van der Waals surface area contributed by atoms with Crippen LogP contribution < -0.4 is 14.8 Å². The summed E-state index contributed by atoms with van der Waals surface area (Å²) in [6.45, 7) is 4.22. The molecule has 9 heteroatoms. The Balaban J connectivity index is 1.63. The van der Waals surface area contributed by atoms with Crippen LogP contribution in [-0.2, 0) is 14.8 Å². The minimum Gasteiger partial charge on any atom is -0.490 e. The number of aliphatic hydroxyl groups excluding tert-OH is 1. The summed E-state index contributed by atoms with van der Waals surface area (Å²) < 4.78 is 37.4. The van der Waals surface area contributed by atoms with Gasteiger partial charge in [-0.2, -0.15) is 4.31 Å². The lowest BCUT2D eigenvalue weighted by Crippen LogP contribution is -2.30. The van der Waals surface area contributed by atoms with E-state index in [-0.39, 0.29) is 18.1 Å². The quantitative estimate of drug-likeness (QED) is 0.678. The van der Waals surface area contributed by atoms with Crippen LogP contribution in [0.3, 0.4) is 0 Å². The fourth-order valence-corrected chi connectivity index (χ4v) is 4.56. The molecule has 1 aliphatic heterocycles. The second-order valence-electron chi connectivity index (χ2n) is 6.48. The van der Waals surface area contributed by atoms with Gasteiger partial charge >= 0.3 is 0 Å². The molecule has 1 atom stereocenters. The van der Waals surface area contributed by atoms with E-state index in [1.54, 1.807) is 44.2 Å². The van der Waals surface area contributed by atoms with Gasteiger partial charge in [-0.1, -0.05) is 19.9 Å². The predicted molar refractivity (Wildman–Crippen MR) is 108 cm³/mol. The smallest absolute Gasteiger partial charge is 0.262 e. The molecule has 0 radical (unpaired) electrons. The maximum absolute atomic E-state index is 12.6. The monoisotopic (exact) mass is 420 g/mol. The number of nitrogens with zero attached hydrogens (tertiary/aromatic N) is 1. The molecule has 8 nitrogen and oxygen atoms in total. The summed E-state index contributed by atoms with van der Waals surface area (Å²) in [7, 11) is -3.61. The Hall–Kier alpha value is -2.62. The van der Waals surface area contributed by atoms with Crippen LogP contribution in [0.1, 0.15) is 25.5 Å². The van der Waals surface area contributed by atoms with E-state index in [0.29, 0.717) is 35.8 Å². The molecule has 1 amide bonds. The molecular formula is C20H24N2O6S. The highest BCUT2D eigenvalue weighted by molar-refractivity contribution is 7.89. The summed E-state index contributed by atoms with van der Waals surface area (Å²) in [4.78, 5) is 12.3. The zero-order valence-corrected chi connectivity index (χ0v) is 17.1. The predicted octanol–water partition coefficient (Wildman–Crippen LogP) is 2.16. The Labute approximate surface area is 170 Å². The van der Waals surface area contributed by atoms with Crippen molar-refractivity contribution in [2.75, 3.05) is 31.6 Å². The maximum Gasteiger partial charge on any atom is 0.262 e. The van der Waals surface area contributed by atoms with Crippen molar-refractivity contribution in [1.82, 2.24) is 4.31 Å². The normalized spacial score (nSPS) is 15.7. The number of fused-ring (bicyclic) bond motifs is 1. The second-order valence-corrected chi connectivity index (χ2v) is 8.42. The van der Waals surface area contributed by atoms with Crippen molar-refractivity contribution < 1.29 is 27.8 Å². The third-order valence-electron chi connectivity index (χ3n) is 4.57. The minimum absolute atomic E-state index is 0.120. The number of amides is 1. The summed E-state index contributed by atoms with van der Waals surface area (Å²) >= 11 is 0. The Morgan fingerprint density at radius 3 is 2.72 bits per heavy atom. The number of carbonyl (C=O) groups excluding carboxylic acids is 1. The number of sulfonamides is 1. The van der Waals surface area contributed by atoms with Crippen molar-refractivity contribution in [2.24, 2.45) is 0 Å². The van der Waals surface area contributed by atoms with E-state index in [0.717, 1.165) is 0 Å². The van der Waals surface area contributed by atoms with Crippen molar-refractivity contribution in [2.45, 2.75) is 24.8 Å². The maximum atomic E-state index is 12.6. The zero-order chi connectivity index (χ0) is 21.0. The van der Waals surface area contributed by atoms with E-state index in [9.17, 15) is 18.3 Å². The van der Waals surface area contributed by atoms with Crippen LogP contribution in [0.2, 0.25) is 0 Å². The Morgan fingerprint density at radius 2 is 2.00 bits per heavy atom. The van der Waals surface area contributed by atoms with Crippen molar-refractivity contribution >= 4 is 21.6 Å². The molecule has 29 heavy (non-hydrogen) atoms. The molecule has 0 fully saturated rings. The van der Waals surface area contributed by atoms with Gasteiger partial charge in [0.05, 0.1) is 4.90 Å². The molecule has 2 N–H and O–H groups in total. The highest BCUT2D eigenvalue weighted by Gasteiger charge is 2.23. The summed E-state index contributed by atoms with van der Waals surface area (Å²) in [5.74, 6) is 0.541. The van der Waals surface area contributed by atoms with Gasteiger partial charge in [-0.25, -0.2) is 8.42 Å². The number of aliphatic hydroxyl groups is 1. The topological polar surface area (TPSA) is 105 Å². The number of benzene rings is 2. The van der Waals surface area contributed by atoms with E-state index in [4.69, 9.17) is 9.47 Å². The number of anilines is 1. The lowest BCUT2D eigenvalue weighted by atomic mass is 10.1. The van der Waals surface area contributed by atoms with Crippen LogP contribution in [0.5, 0.6) is 11.5 Å². The standard InChI is InChI=1S/C20H24N2O6S/c1-3-22(4-2)29(25,26)16-7-5-6-14(10-16)21-20(24)13-27-15-8-9-17-18(23)12-28-19(17)11-15/h5-11,18,23H,3-4,12-13H2,1-2H3,(H,21,24)/t18-/m1/s1. The molecule has 0 saturated carbocycles. The number of ether oxygens (including phenoxy) is 2. The van der Waals surface area contributed by atoms with Crippen molar-refractivity contribution in [3.63, 3.8) is 0 Å². The van der Waals surface area contributed by atoms with Crippen molar-refractivity contribution in [3.05, 3.63) is 48.0 Å². The van der Waals surface area contributed by atoms with Gasteiger partial charge < -0.3 is 19.9 Å². The van der Waals surface area contributed by atoms with Gasteiger partial charge in [-0.05, 0) is 30.3 Å². The molecule has 0 spiro atoms. The Bertz CT molecular complexity index is 988. The molecule has 156 valence electrons. The molecule has 2 aromatic rings. The van der Waals surface area contributed by atoms with E-state index in [1.807, 2.05) is 0 Å². The first-order valence-corrected chi connectivity index (χ1v) is 10.8. The zero-order valence-electron chi connectivity index (χ0n) is 16.3. The van der Waals surface area contributed by atoms with E-state index < -0.39 is 22.0 Å². The van der Waals surface area contributed by atoms with Gasteiger partial charge in [-0.15, -0.1) is 0 Å². The molecule has 1 aliphatic rings. The molecule has 2 aromatic carbocycles. The van der Waals surface area contributed by atoms with Crippen LogP contribution in [0.4, 0.5) is 5.69 Å². The van der Waals surface area contributed by atoms with Gasteiger partial charge in [0, 0.05) is 30.4 Å². The van der Waals surface area contributed by atoms with Crippen LogP contribution in [0.25, 0.3) is 0 Å². The first kappa shape index (κ1) is 21.1. The summed E-state index contributed by atoms with van der Waals surface area (Å²) in [6.07, 6.45) is -0.651. The second kappa shape index (κ2) is 8.81. The number of nitrogens with one attached hydrogen (secondary N) is 1. The molecule has 0 unspecified atom stereocenters. The lowest BCUT2D eigenvalue weighted by Gasteiger charge is -2.18. The highest BCUT2D eigenvalue weighted by Crippen LogP contribution is 2.35. The minimum atomic E-state index is -3.61. The number of hydrogen-bond acceptors (Lipinski definition) is 6. The Morgan fingerprint density at radius 1 is 1.24 bits per heavy atom. The summed E-state index contributed by atoms with van der Waals surface area (Å²) in [6, 6.07) is 11.1. The summed E-state index contributed by atoms with van der Waals surface area (Å²) in [5.41, 5.74) is 1.06. The third-order valence-corrected chi connectivity index (χ3v) is 6.62. The number of carbonyl (C=O) groups is 1. The summed E-state index contributed by atoms with van der Waals surface area (Å²) in [5, 5.41) is 12.4. The number of rotatable bonds is 8. The first-order chi connectivity index (χ1) is 13.8. The highest BCUT2D eigenvalue weighted by atomic mass is 32.2. The average Bonchev–Trinajstić information content (AvgIpc) is 3.07. The first-order valence-electron chi connectivity index (χ1n) is 9.32.